The highest BCUT2D eigenvalue weighted by atomic mass is 15.1. The zero-order valence-corrected chi connectivity index (χ0v) is 14.4. The first-order valence-corrected chi connectivity index (χ1v) is 9.03. The van der Waals surface area contributed by atoms with Gasteiger partial charge in [0, 0.05) is 12.6 Å². The van der Waals surface area contributed by atoms with Crippen LogP contribution in [0.1, 0.15) is 38.7 Å². The molecule has 0 atom stereocenters. The van der Waals surface area contributed by atoms with Gasteiger partial charge in [0.15, 0.2) is 0 Å². The number of likely N-dealkylation sites (tertiary alicyclic amines) is 1. The lowest BCUT2D eigenvalue weighted by molar-refractivity contribution is 0.189. The van der Waals surface area contributed by atoms with Gasteiger partial charge in [-0.2, -0.15) is 0 Å². The average molecular weight is 303 g/mol. The van der Waals surface area contributed by atoms with Gasteiger partial charge in [-0.15, -0.1) is 0 Å². The molecule has 1 saturated heterocycles. The van der Waals surface area contributed by atoms with E-state index in [1.165, 1.54) is 64.1 Å². The molecule has 3 heteroatoms. The van der Waals surface area contributed by atoms with Crippen LogP contribution in [-0.2, 0) is 6.54 Å². The van der Waals surface area contributed by atoms with Crippen molar-refractivity contribution in [2.75, 3.05) is 39.3 Å². The van der Waals surface area contributed by atoms with Gasteiger partial charge in [0.25, 0.3) is 0 Å². The molecule has 0 radical (unpaired) electrons. The second-order valence-corrected chi connectivity index (χ2v) is 6.37. The molecule has 1 aliphatic heterocycles. The minimum Gasteiger partial charge on any atom is -0.314 e. The van der Waals surface area contributed by atoms with E-state index in [-0.39, 0.29) is 0 Å². The number of rotatable bonds is 9. The highest BCUT2D eigenvalue weighted by Crippen LogP contribution is 2.13. The normalized spacial score (nSPS) is 17.2. The summed E-state index contributed by atoms with van der Waals surface area (Å²) in [6.45, 7) is 12.8. The summed E-state index contributed by atoms with van der Waals surface area (Å²) < 4.78 is 0. The predicted octanol–water partition coefficient (Wildman–Crippen LogP) is 2.97. The third-order valence-corrected chi connectivity index (χ3v) is 4.82. The van der Waals surface area contributed by atoms with Crippen LogP contribution in [0.2, 0.25) is 0 Å². The topological polar surface area (TPSA) is 18.5 Å². The van der Waals surface area contributed by atoms with Crippen LogP contribution in [-0.4, -0.2) is 55.1 Å². The van der Waals surface area contributed by atoms with Crippen molar-refractivity contribution in [2.45, 2.75) is 45.7 Å². The van der Waals surface area contributed by atoms with Crippen LogP contribution in [0.15, 0.2) is 30.3 Å². The molecule has 1 N–H and O–H groups in total. The largest absolute Gasteiger partial charge is 0.314 e. The summed E-state index contributed by atoms with van der Waals surface area (Å²) in [5.74, 6) is 0. The van der Waals surface area contributed by atoms with E-state index in [9.17, 15) is 0 Å². The molecule has 1 aromatic carbocycles. The van der Waals surface area contributed by atoms with Crippen LogP contribution in [0.5, 0.6) is 0 Å². The van der Waals surface area contributed by atoms with Gasteiger partial charge in [-0.3, -0.25) is 4.90 Å². The molecular formula is C19H33N3. The molecule has 22 heavy (non-hydrogen) atoms. The van der Waals surface area contributed by atoms with Crippen molar-refractivity contribution in [1.29, 1.82) is 0 Å². The van der Waals surface area contributed by atoms with Crippen LogP contribution in [0.3, 0.4) is 0 Å². The summed E-state index contributed by atoms with van der Waals surface area (Å²) in [5, 5.41) is 3.76. The maximum Gasteiger partial charge on any atom is 0.0233 e. The smallest absolute Gasteiger partial charge is 0.0233 e. The first kappa shape index (κ1) is 17.5. The Morgan fingerprint density at radius 2 is 1.77 bits per heavy atom. The Bertz CT molecular complexity index is 381. The highest BCUT2D eigenvalue weighted by molar-refractivity contribution is 5.14. The SMILES string of the molecule is CCN(CC)CCCNC1CCN(Cc2ccccc2)CC1. The standard InChI is InChI=1S/C19H33N3/c1-3-21(4-2)14-8-13-20-19-11-15-22(16-12-19)17-18-9-6-5-7-10-18/h5-7,9-10,19-20H,3-4,8,11-17H2,1-2H3. The van der Waals surface area contributed by atoms with Crippen molar-refractivity contribution in [3.05, 3.63) is 35.9 Å². The number of nitrogens with zero attached hydrogens (tertiary/aromatic N) is 2. The van der Waals surface area contributed by atoms with Gasteiger partial charge in [0.2, 0.25) is 0 Å². The van der Waals surface area contributed by atoms with Gasteiger partial charge in [-0.25, -0.2) is 0 Å². The number of piperidine rings is 1. The van der Waals surface area contributed by atoms with Gasteiger partial charge >= 0.3 is 0 Å². The Hall–Kier alpha value is -0.900. The van der Waals surface area contributed by atoms with E-state index in [2.05, 4.69) is 59.3 Å². The molecule has 3 nitrogen and oxygen atoms in total. The lowest BCUT2D eigenvalue weighted by Gasteiger charge is -2.32. The molecule has 0 bridgehead atoms. The van der Waals surface area contributed by atoms with Gasteiger partial charge in [-0.1, -0.05) is 44.2 Å². The number of hydrogen-bond donors (Lipinski definition) is 1. The highest BCUT2D eigenvalue weighted by Gasteiger charge is 2.18. The van der Waals surface area contributed by atoms with E-state index in [0.717, 1.165) is 12.6 Å². The molecular weight excluding hydrogens is 270 g/mol. The fourth-order valence-electron chi connectivity index (χ4n) is 3.29. The van der Waals surface area contributed by atoms with E-state index in [1.807, 2.05) is 0 Å². The van der Waals surface area contributed by atoms with Gasteiger partial charge < -0.3 is 10.2 Å². The Morgan fingerprint density at radius 1 is 1.09 bits per heavy atom. The first-order chi connectivity index (χ1) is 10.8. The van der Waals surface area contributed by atoms with Crippen LogP contribution >= 0.6 is 0 Å². The first-order valence-electron chi connectivity index (χ1n) is 9.03. The number of hydrogen-bond acceptors (Lipinski definition) is 3. The quantitative estimate of drug-likeness (QED) is 0.708. The van der Waals surface area contributed by atoms with Gasteiger partial charge in [0.05, 0.1) is 0 Å². The minimum atomic E-state index is 0.726. The summed E-state index contributed by atoms with van der Waals surface area (Å²) in [5.41, 5.74) is 1.44. The molecule has 1 aliphatic rings. The van der Waals surface area contributed by atoms with Crippen LogP contribution in [0.25, 0.3) is 0 Å². The van der Waals surface area contributed by atoms with Crippen molar-refractivity contribution in [1.82, 2.24) is 15.1 Å². The molecule has 1 heterocycles. The number of benzene rings is 1. The summed E-state index contributed by atoms with van der Waals surface area (Å²) in [4.78, 5) is 5.09. The Kier molecular flexibility index (Phi) is 7.92. The number of nitrogens with one attached hydrogen (secondary N) is 1. The zero-order valence-electron chi connectivity index (χ0n) is 14.4. The van der Waals surface area contributed by atoms with Crippen molar-refractivity contribution >= 4 is 0 Å². The maximum atomic E-state index is 3.76. The van der Waals surface area contributed by atoms with E-state index in [1.54, 1.807) is 0 Å². The molecule has 0 aromatic heterocycles. The van der Waals surface area contributed by atoms with E-state index < -0.39 is 0 Å². The van der Waals surface area contributed by atoms with Gasteiger partial charge in [-0.05, 0) is 64.1 Å². The third kappa shape index (κ3) is 6.07. The average Bonchev–Trinajstić information content (AvgIpc) is 2.57. The fraction of sp³-hybridized carbons (Fsp3) is 0.684. The van der Waals surface area contributed by atoms with Crippen molar-refractivity contribution in [2.24, 2.45) is 0 Å². The lowest BCUT2D eigenvalue weighted by Crippen LogP contribution is -2.42. The molecule has 124 valence electrons. The summed E-state index contributed by atoms with van der Waals surface area (Å²) in [6.07, 6.45) is 3.85. The molecule has 0 unspecified atom stereocenters. The molecule has 2 rings (SSSR count). The summed E-state index contributed by atoms with van der Waals surface area (Å²) in [6, 6.07) is 11.6. The van der Waals surface area contributed by atoms with Gasteiger partial charge in [0.1, 0.15) is 0 Å². The Labute approximate surface area is 136 Å². The van der Waals surface area contributed by atoms with E-state index >= 15 is 0 Å². The minimum absolute atomic E-state index is 0.726. The maximum absolute atomic E-state index is 3.76. The molecule has 0 amide bonds. The van der Waals surface area contributed by atoms with E-state index in [0.29, 0.717) is 0 Å². The van der Waals surface area contributed by atoms with Crippen molar-refractivity contribution in [3.8, 4) is 0 Å². The molecule has 1 aromatic rings. The summed E-state index contributed by atoms with van der Waals surface area (Å²) >= 11 is 0. The molecule has 0 saturated carbocycles. The van der Waals surface area contributed by atoms with Crippen LogP contribution in [0.4, 0.5) is 0 Å². The molecule has 1 fully saturated rings. The zero-order chi connectivity index (χ0) is 15.6. The Balaban J connectivity index is 1.57. The fourth-order valence-corrected chi connectivity index (χ4v) is 3.29. The third-order valence-electron chi connectivity index (χ3n) is 4.82. The van der Waals surface area contributed by atoms with Crippen molar-refractivity contribution < 1.29 is 0 Å². The Morgan fingerprint density at radius 3 is 2.41 bits per heavy atom. The van der Waals surface area contributed by atoms with Crippen LogP contribution < -0.4 is 5.32 Å². The second-order valence-electron chi connectivity index (χ2n) is 6.37. The van der Waals surface area contributed by atoms with Crippen molar-refractivity contribution in [3.63, 3.8) is 0 Å². The van der Waals surface area contributed by atoms with E-state index in [4.69, 9.17) is 0 Å². The lowest BCUT2D eigenvalue weighted by atomic mass is 10.0. The second kappa shape index (κ2) is 9.98. The van der Waals surface area contributed by atoms with Crippen LogP contribution in [0, 0.1) is 0 Å². The monoisotopic (exact) mass is 303 g/mol. The molecule has 0 aliphatic carbocycles. The predicted molar refractivity (Wildman–Crippen MR) is 95.1 cm³/mol. The molecule has 0 spiro atoms. The summed E-state index contributed by atoms with van der Waals surface area (Å²) in [7, 11) is 0.